The molecule has 2 aromatic rings. The van der Waals surface area contributed by atoms with Gasteiger partial charge < -0.3 is 10.6 Å². The molecule has 2 aromatic carbocycles. The molecule has 2 N–H and O–H groups in total. The van der Waals surface area contributed by atoms with E-state index in [0.717, 1.165) is 13.1 Å². The number of benzene rings is 2. The molecule has 0 unspecified atom stereocenters. The van der Waals surface area contributed by atoms with Gasteiger partial charge in [-0.05, 0) is 48.6 Å². The molecule has 112 valence electrons. The van der Waals surface area contributed by atoms with Crippen molar-refractivity contribution in [2.24, 2.45) is 0 Å². The third kappa shape index (κ3) is 4.01. The number of rotatable bonds is 6. The van der Waals surface area contributed by atoms with Crippen molar-refractivity contribution in [1.29, 1.82) is 0 Å². The van der Waals surface area contributed by atoms with Crippen LogP contribution in [0.1, 0.15) is 36.5 Å². The highest BCUT2D eigenvalue weighted by molar-refractivity contribution is 5.55. The first-order chi connectivity index (χ1) is 10.1. The molecular formula is C19H26N2. The minimum Gasteiger partial charge on any atom is -0.383 e. The Morgan fingerprint density at radius 1 is 0.810 bits per heavy atom. The molecule has 0 radical (unpaired) electrons. The first-order valence-electron chi connectivity index (χ1n) is 7.72. The number of para-hydroxylation sites is 1. The summed E-state index contributed by atoms with van der Waals surface area (Å²) in [4.78, 5) is 0. The summed E-state index contributed by atoms with van der Waals surface area (Å²) in [7, 11) is 0. The van der Waals surface area contributed by atoms with Gasteiger partial charge in [-0.3, -0.25) is 0 Å². The van der Waals surface area contributed by atoms with Gasteiger partial charge in [0.2, 0.25) is 0 Å². The van der Waals surface area contributed by atoms with Crippen molar-refractivity contribution in [3.8, 4) is 0 Å². The largest absolute Gasteiger partial charge is 0.383 e. The fourth-order valence-electron chi connectivity index (χ4n) is 2.50. The molecule has 0 saturated heterocycles. The molecule has 0 bridgehead atoms. The fraction of sp³-hybridized carbons (Fsp3) is 0.368. The van der Waals surface area contributed by atoms with Gasteiger partial charge in [0.1, 0.15) is 0 Å². The molecule has 2 rings (SSSR count). The maximum atomic E-state index is 3.54. The molecule has 2 heteroatoms. The minimum absolute atomic E-state index is 0.542. The van der Waals surface area contributed by atoms with Crippen molar-refractivity contribution >= 4 is 11.4 Å². The molecule has 0 fully saturated rings. The summed E-state index contributed by atoms with van der Waals surface area (Å²) in [5, 5.41) is 7.05. The minimum atomic E-state index is 0.542. The van der Waals surface area contributed by atoms with Crippen LogP contribution in [0, 0.1) is 13.8 Å². The van der Waals surface area contributed by atoms with Crippen LogP contribution in [0.4, 0.5) is 11.4 Å². The van der Waals surface area contributed by atoms with Crippen LogP contribution >= 0.6 is 0 Å². The van der Waals surface area contributed by atoms with Crippen molar-refractivity contribution in [3.05, 3.63) is 59.2 Å². The van der Waals surface area contributed by atoms with Crippen molar-refractivity contribution in [3.63, 3.8) is 0 Å². The van der Waals surface area contributed by atoms with Crippen molar-refractivity contribution in [2.45, 2.75) is 33.6 Å². The third-order valence-electron chi connectivity index (χ3n) is 3.94. The van der Waals surface area contributed by atoms with Crippen LogP contribution < -0.4 is 10.6 Å². The van der Waals surface area contributed by atoms with E-state index >= 15 is 0 Å². The highest BCUT2D eigenvalue weighted by Crippen LogP contribution is 2.23. The monoisotopic (exact) mass is 282 g/mol. The van der Waals surface area contributed by atoms with Gasteiger partial charge in [0.05, 0.1) is 0 Å². The Morgan fingerprint density at radius 2 is 1.43 bits per heavy atom. The molecule has 0 heterocycles. The van der Waals surface area contributed by atoms with E-state index in [1.165, 1.54) is 28.1 Å². The predicted molar refractivity (Wildman–Crippen MR) is 93.4 cm³/mol. The van der Waals surface area contributed by atoms with Gasteiger partial charge in [-0.15, -0.1) is 0 Å². The maximum absolute atomic E-state index is 3.54. The highest BCUT2D eigenvalue weighted by Gasteiger charge is 2.05. The number of aryl methyl sites for hydroxylation is 1. The zero-order valence-corrected chi connectivity index (χ0v) is 13.5. The van der Waals surface area contributed by atoms with Gasteiger partial charge in [0, 0.05) is 24.5 Å². The van der Waals surface area contributed by atoms with Crippen LogP contribution in [0.15, 0.2) is 42.5 Å². The summed E-state index contributed by atoms with van der Waals surface area (Å²) in [5.41, 5.74) is 6.52. The van der Waals surface area contributed by atoms with E-state index in [9.17, 15) is 0 Å². The summed E-state index contributed by atoms with van der Waals surface area (Å²) in [6.07, 6.45) is 0. The van der Waals surface area contributed by atoms with Crippen molar-refractivity contribution < 1.29 is 0 Å². The highest BCUT2D eigenvalue weighted by atomic mass is 14.9. The Labute approximate surface area is 128 Å². The van der Waals surface area contributed by atoms with Gasteiger partial charge in [0.15, 0.2) is 0 Å². The Hall–Kier alpha value is -1.96. The van der Waals surface area contributed by atoms with Gasteiger partial charge >= 0.3 is 0 Å². The second kappa shape index (κ2) is 7.16. The molecule has 0 saturated carbocycles. The molecule has 21 heavy (non-hydrogen) atoms. The molecular weight excluding hydrogens is 256 g/mol. The first-order valence-corrected chi connectivity index (χ1v) is 7.72. The standard InChI is InChI=1S/C19H26N2/c1-14(2)17-9-5-6-10-19(17)21-13-12-20-18-11-7-8-15(3)16(18)4/h5-11,14,20-21H,12-13H2,1-4H3. The zero-order chi connectivity index (χ0) is 15.2. The molecule has 2 nitrogen and oxygen atoms in total. The topological polar surface area (TPSA) is 24.1 Å². The third-order valence-corrected chi connectivity index (χ3v) is 3.94. The lowest BCUT2D eigenvalue weighted by Gasteiger charge is -2.16. The average molecular weight is 282 g/mol. The van der Waals surface area contributed by atoms with E-state index in [-0.39, 0.29) is 0 Å². The van der Waals surface area contributed by atoms with Crippen molar-refractivity contribution in [2.75, 3.05) is 23.7 Å². The quantitative estimate of drug-likeness (QED) is 0.732. The fourth-order valence-corrected chi connectivity index (χ4v) is 2.50. The average Bonchev–Trinajstić information content (AvgIpc) is 2.48. The van der Waals surface area contributed by atoms with E-state index in [1.807, 2.05) is 0 Å². The van der Waals surface area contributed by atoms with E-state index in [2.05, 4.69) is 80.8 Å². The Morgan fingerprint density at radius 3 is 2.14 bits per heavy atom. The SMILES string of the molecule is Cc1cccc(NCCNc2ccccc2C(C)C)c1C. The summed E-state index contributed by atoms with van der Waals surface area (Å²) in [5.74, 6) is 0.542. The molecule has 0 amide bonds. The summed E-state index contributed by atoms with van der Waals surface area (Å²) in [6.45, 7) is 10.6. The lowest BCUT2D eigenvalue weighted by molar-refractivity contribution is 0.865. The van der Waals surface area contributed by atoms with Crippen molar-refractivity contribution in [1.82, 2.24) is 0 Å². The Bertz CT molecular complexity index is 588. The molecule has 0 aliphatic carbocycles. The predicted octanol–water partition coefficient (Wildman–Crippen LogP) is 4.95. The van der Waals surface area contributed by atoms with E-state index < -0.39 is 0 Å². The van der Waals surface area contributed by atoms with Crippen LogP contribution in [0.2, 0.25) is 0 Å². The van der Waals surface area contributed by atoms with E-state index in [0.29, 0.717) is 5.92 Å². The first kappa shape index (κ1) is 15.4. The summed E-state index contributed by atoms with van der Waals surface area (Å²) < 4.78 is 0. The normalized spacial score (nSPS) is 10.7. The molecule has 0 aromatic heterocycles. The molecule has 0 aliphatic heterocycles. The summed E-state index contributed by atoms with van der Waals surface area (Å²) >= 11 is 0. The van der Waals surface area contributed by atoms with Gasteiger partial charge in [-0.25, -0.2) is 0 Å². The number of hydrogen-bond donors (Lipinski definition) is 2. The van der Waals surface area contributed by atoms with Crippen LogP contribution in [0.3, 0.4) is 0 Å². The number of anilines is 2. The van der Waals surface area contributed by atoms with Gasteiger partial charge in [0.25, 0.3) is 0 Å². The van der Waals surface area contributed by atoms with E-state index in [1.54, 1.807) is 0 Å². The Balaban J connectivity index is 1.89. The molecule has 0 atom stereocenters. The second-order valence-electron chi connectivity index (χ2n) is 5.84. The van der Waals surface area contributed by atoms with Crippen LogP contribution in [0.25, 0.3) is 0 Å². The smallest absolute Gasteiger partial charge is 0.0375 e. The van der Waals surface area contributed by atoms with Gasteiger partial charge in [-0.1, -0.05) is 44.2 Å². The van der Waals surface area contributed by atoms with E-state index in [4.69, 9.17) is 0 Å². The zero-order valence-electron chi connectivity index (χ0n) is 13.5. The van der Waals surface area contributed by atoms with Crippen LogP contribution in [0.5, 0.6) is 0 Å². The lowest BCUT2D eigenvalue weighted by Crippen LogP contribution is -2.15. The maximum Gasteiger partial charge on any atom is 0.0375 e. The van der Waals surface area contributed by atoms with Crippen LogP contribution in [-0.4, -0.2) is 13.1 Å². The molecule has 0 spiro atoms. The molecule has 0 aliphatic rings. The lowest BCUT2D eigenvalue weighted by atomic mass is 10.0. The number of hydrogen-bond acceptors (Lipinski definition) is 2. The second-order valence-corrected chi connectivity index (χ2v) is 5.84. The summed E-state index contributed by atoms with van der Waals surface area (Å²) in [6, 6.07) is 15.0. The van der Waals surface area contributed by atoms with Gasteiger partial charge in [-0.2, -0.15) is 0 Å². The Kier molecular flexibility index (Phi) is 5.26. The van der Waals surface area contributed by atoms with Crippen LogP contribution in [-0.2, 0) is 0 Å². The number of nitrogens with one attached hydrogen (secondary N) is 2.